The molecule has 0 aromatic heterocycles. The summed E-state index contributed by atoms with van der Waals surface area (Å²) in [4.78, 5) is 46.1. The third-order valence-corrected chi connectivity index (χ3v) is 5.09. The van der Waals surface area contributed by atoms with E-state index in [0.717, 1.165) is 0 Å². The molecule has 1 N–H and O–H groups in total. The fourth-order valence-electron chi connectivity index (χ4n) is 2.82. The van der Waals surface area contributed by atoms with Crippen molar-refractivity contribution >= 4 is 74.7 Å². The number of carbonyl (C=O) groups excluding carboxylic acids is 4. The number of halogens is 4. The Bertz CT molecular complexity index is 630. The number of carbonyl (C=O) groups is 4. The van der Waals surface area contributed by atoms with E-state index in [1.165, 1.54) is 20.8 Å². The molecule has 29 heavy (non-hydrogen) atoms. The van der Waals surface area contributed by atoms with Crippen molar-refractivity contribution in [2.24, 2.45) is 5.92 Å². The number of amides is 1. The van der Waals surface area contributed by atoms with Crippen molar-refractivity contribution in [1.82, 2.24) is 5.32 Å². The highest BCUT2D eigenvalue weighted by atomic mass is 79.9. The van der Waals surface area contributed by atoms with Gasteiger partial charge in [0.2, 0.25) is 3.79 Å². The maximum absolute atomic E-state index is 12.1. The van der Waals surface area contributed by atoms with Gasteiger partial charge in [-0.15, -0.1) is 0 Å². The second kappa shape index (κ2) is 11.4. The molecule has 0 aliphatic heterocycles. The van der Waals surface area contributed by atoms with Gasteiger partial charge in [-0.2, -0.15) is 0 Å². The Balaban J connectivity index is 3.06. The summed E-state index contributed by atoms with van der Waals surface area (Å²) in [5, 5.41) is 2.53. The second-order valence-corrected chi connectivity index (χ2v) is 10.0. The van der Waals surface area contributed by atoms with Crippen molar-refractivity contribution in [2.75, 3.05) is 13.2 Å². The third-order valence-electron chi connectivity index (χ3n) is 3.82. The van der Waals surface area contributed by atoms with Crippen LogP contribution in [-0.2, 0) is 33.3 Å². The van der Waals surface area contributed by atoms with Crippen LogP contribution < -0.4 is 5.32 Å². The minimum Gasteiger partial charge on any atom is -0.465 e. The number of rotatable bonds is 6. The molecule has 1 aliphatic rings. The molecule has 0 bridgehead atoms. The fraction of sp³-hybridized carbons (Fsp3) is 0.750. The van der Waals surface area contributed by atoms with Gasteiger partial charge in [-0.05, 0) is 6.42 Å². The predicted octanol–water partition coefficient (Wildman–Crippen LogP) is 2.66. The molecular formula is C16H21BrCl3NO8. The van der Waals surface area contributed by atoms with Crippen LogP contribution in [0.2, 0.25) is 0 Å². The van der Waals surface area contributed by atoms with Crippen LogP contribution >= 0.6 is 50.7 Å². The topological polar surface area (TPSA) is 117 Å². The molecule has 13 heteroatoms. The lowest BCUT2D eigenvalue weighted by molar-refractivity contribution is -0.180. The maximum Gasteiger partial charge on any atom is 0.407 e. The van der Waals surface area contributed by atoms with E-state index in [9.17, 15) is 19.2 Å². The molecule has 1 rings (SSSR count). The molecule has 1 saturated carbocycles. The first-order chi connectivity index (χ1) is 13.3. The van der Waals surface area contributed by atoms with Gasteiger partial charge < -0.3 is 24.3 Å². The van der Waals surface area contributed by atoms with Gasteiger partial charge in [0.25, 0.3) is 0 Å². The highest BCUT2D eigenvalue weighted by molar-refractivity contribution is 9.09. The molecule has 2 unspecified atom stereocenters. The number of ether oxygens (including phenoxy) is 4. The van der Waals surface area contributed by atoms with Crippen LogP contribution in [0, 0.1) is 5.92 Å². The first kappa shape index (κ1) is 26.1. The van der Waals surface area contributed by atoms with Gasteiger partial charge in [0.15, 0.2) is 6.10 Å². The van der Waals surface area contributed by atoms with Crippen molar-refractivity contribution in [1.29, 1.82) is 0 Å². The van der Waals surface area contributed by atoms with Gasteiger partial charge in [-0.1, -0.05) is 50.7 Å². The summed E-state index contributed by atoms with van der Waals surface area (Å²) in [7, 11) is 0. The number of alkyl halides is 4. The third kappa shape index (κ3) is 9.59. The molecule has 0 aromatic carbocycles. The minimum atomic E-state index is -1.80. The molecule has 1 fully saturated rings. The van der Waals surface area contributed by atoms with E-state index in [1.54, 1.807) is 0 Å². The summed E-state index contributed by atoms with van der Waals surface area (Å²) < 4.78 is 18.8. The Kier molecular flexibility index (Phi) is 10.3. The van der Waals surface area contributed by atoms with Crippen molar-refractivity contribution in [3.05, 3.63) is 0 Å². The molecule has 9 nitrogen and oxygen atoms in total. The number of nitrogens with one attached hydrogen (secondary N) is 1. The van der Waals surface area contributed by atoms with E-state index >= 15 is 0 Å². The molecule has 0 saturated heterocycles. The normalized spacial score (nSPS) is 26.8. The van der Waals surface area contributed by atoms with E-state index in [-0.39, 0.29) is 6.61 Å². The molecule has 0 radical (unpaired) electrons. The van der Waals surface area contributed by atoms with Gasteiger partial charge in [-0.25, -0.2) is 4.79 Å². The van der Waals surface area contributed by atoms with Crippen LogP contribution in [0.1, 0.15) is 27.2 Å². The van der Waals surface area contributed by atoms with Crippen LogP contribution in [0.25, 0.3) is 0 Å². The van der Waals surface area contributed by atoms with Crippen LogP contribution in [0.4, 0.5) is 4.79 Å². The minimum absolute atomic E-state index is 0.0719. The highest BCUT2D eigenvalue weighted by Gasteiger charge is 2.49. The zero-order valence-corrected chi connectivity index (χ0v) is 19.6. The SMILES string of the molecule is CC(=O)OC[C@H]1C[C@H](Br)C(NC(=O)OCC(Cl)(Cl)Cl)C(OC(C)=O)[C@@H]1OC(C)=O. The quantitative estimate of drug-likeness (QED) is 0.310. The maximum atomic E-state index is 12.1. The van der Waals surface area contributed by atoms with Gasteiger partial charge in [0, 0.05) is 31.5 Å². The summed E-state index contributed by atoms with van der Waals surface area (Å²) in [6.07, 6.45) is -2.68. The highest BCUT2D eigenvalue weighted by Crippen LogP contribution is 2.35. The van der Waals surface area contributed by atoms with Gasteiger partial charge in [-0.3, -0.25) is 14.4 Å². The predicted molar refractivity (Wildman–Crippen MR) is 107 cm³/mol. The molecule has 166 valence electrons. The largest absolute Gasteiger partial charge is 0.465 e. The zero-order valence-electron chi connectivity index (χ0n) is 15.8. The first-order valence-electron chi connectivity index (χ1n) is 8.42. The fourth-order valence-corrected chi connectivity index (χ4v) is 3.90. The molecule has 0 aromatic rings. The van der Waals surface area contributed by atoms with E-state index in [1.807, 2.05) is 0 Å². The monoisotopic (exact) mass is 539 g/mol. The summed E-state index contributed by atoms with van der Waals surface area (Å²) in [5.41, 5.74) is 0. The van der Waals surface area contributed by atoms with Crippen molar-refractivity contribution in [2.45, 2.75) is 54.1 Å². The van der Waals surface area contributed by atoms with E-state index in [4.69, 9.17) is 53.8 Å². The van der Waals surface area contributed by atoms with Crippen LogP contribution in [-0.4, -0.2) is 64.1 Å². The van der Waals surface area contributed by atoms with E-state index in [0.29, 0.717) is 6.42 Å². The average Bonchev–Trinajstić information content (AvgIpc) is 2.55. The summed E-state index contributed by atoms with van der Waals surface area (Å²) >= 11 is 20.1. The van der Waals surface area contributed by atoms with Crippen LogP contribution in [0.3, 0.4) is 0 Å². The van der Waals surface area contributed by atoms with Crippen molar-refractivity contribution < 1.29 is 38.1 Å². The number of hydrogen-bond acceptors (Lipinski definition) is 8. The smallest absolute Gasteiger partial charge is 0.407 e. The molecule has 0 heterocycles. The molecule has 1 aliphatic carbocycles. The number of alkyl carbamates (subject to hydrolysis) is 1. The summed E-state index contributed by atoms with van der Waals surface area (Å²) in [6.45, 7) is 3.01. The van der Waals surface area contributed by atoms with Gasteiger partial charge >= 0.3 is 24.0 Å². The van der Waals surface area contributed by atoms with Crippen LogP contribution in [0.5, 0.6) is 0 Å². The Labute approximate surface area is 191 Å². The molecular weight excluding hydrogens is 520 g/mol. The lowest BCUT2D eigenvalue weighted by Crippen LogP contribution is -2.62. The first-order valence-corrected chi connectivity index (χ1v) is 10.5. The van der Waals surface area contributed by atoms with Crippen LogP contribution in [0.15, 0.2) is 0 Å². The van der Waals surface area contributed by atoms with Crippen molar-refractivity contribution in [3.63, 3.8) is 0 Å². The van der Waals surface area contributed by atoms with Crippen molar-refractivity contribution in [3.8, 4) is 0 Å². The molecule has 1 amide bonds. The zero-order chi connectivity index (χ0) is 22.4. The molecule has 5 atom stereocenters. The Morgan fingerprint density at radius 2 is 1.52 bits per heavy atom. The Morgan fingerprint density at radius 1 is 0.966 bits per heavy atom. The lowest BCUT2D eigenvalue weighted by atomic mass is 9.81. The number of esters is 3. The molecule has 0 spiro atoms. The lowest BCUT2D eigenvalue weighted by Gasteiger charge is -2.43. The summed E-state index contributed by atoms with van der Waals surface area (Å²) in [6, 6.07) is -0.847. The standard InChI is InChI=1S/C16H21BrCl3NO8/c1-7(22)26-5-10-4-11(17)12(21-15(25)27-6-16(18,19)20)14(29-9(3)24)13(10)28-8(2)23/h10-14H,4-6H2,1-3H3,(H,21,25)/t10-,11+,12?,13-,14?/m1/s1. The second-order valence-electron chi connectivity index (χ2n) is 6.32. The van der Waals surface area contributed by atoms with E-state index < -0.39 is 63.4 Å². The Morgan fingerprint density at radius 3 is 2.00 bits per heavy atom. The average molecular weight is 542 g/mol. The summed E-state index contributed by atoms with van der Waals surface area (Å²) in [5.74, 6) is -2.31. The van der Waals surface area contributed by atoms with Gasteiger partial charge in [0.05, 0.1) is 12.6 Å². The van der Waals surface area contributed by atoms with Gasteiger partial charge in [0.1, 0.15) is 12.7 Å². The Hall–Kier alpha value is -0.970. The van der Waals surface area contributed by atoms with E-state index in [2.05, 4.69) is 21.2 Å². The number of hydrogen-bond donors (Lipinski definition) is 1.